The highest BCUT2D eigenvalue weighted by atomic mass is 35.5. The topological polar surface area (TPSA) is 34.1 Å². The molecule has 0 aliphatic rings. The van der Waals surface area contributed by atoms with E-state index in [0.29, 0.717) is 5.30 Å². The van der Waals surface area contributed by atoms with Crippen molar-refractivity contribution in [1.82, 2.24) is 0 Å². The highest BCUT2D eigenvalue weighted by molar-refractivity contribution is 7.96. The maximum Gasteiger partial charge on any atom is 0.199 e. The van der Waals surface area contributed by atoms with Gasteiger partial charge in [-0.1, -0.05) is 113 Å². The van der Waals surface area contributed by atoms with Crippen molar-refractivity contribution in [3.8, 4) is 11.1 Å². The van der Waals surface area contributed by atoms with Crippen LogP contribution in [-0.4, -0.2) is 11.0 Å². The van der Waals surface area contributed by atoms with E-state index in [1.807, 2.05) is 42.5 Å². The van der Waals surface area contributed by atoms with Gasteiger partial charge < -0.3 is 0 Å². The van der Waals surface area contributed by atoms with Crippen LogP contribution in [0.4, 0.5) is 0 Å². The lowest BCUT2D eigenvalue weighted by atomic mass is 10.1. The van der Waals surface area contributed by atoms with E-state index >= 15 is 0 Å². The van der Waals surface area contributed by atoms with Gasteiger partial charge in [0, 0.05) is 0 Å². The lowest BCUT2D eigenvalue weighted by molar-refractivity contribution is 0.105. The van der Waals surface area contributed by atoms with Crippen LogP contribution in [0.5, 0.6) is 0 Å². The molecule has 0 amide bonds. The fraction of sp³-hybridized carbons (Fsp3) is 0. The first-order valence-corrected chi connectivity index (χ1v) is 12.7. The number of halogens is 4. The lowest BCUT2D eigenvalue weighted by Crippen LogP contribution is -2.17. The van der Waals surface area contributed by atoms with Crippen molar-refractivity contribution < 1.29 is 9.59 Å². The zero-order chi connectivity index (χ0) is 23.5. The standard InChI is InChI=1S/C26H15Cl4O2P/c27-19-8-4-9-20(28)23(19)25(31)33(26(32)24-21(29)10-5-11-22(24)30)18-14-12-17(13-15-18)16-6-2-1-3-7-16/h1-15H. The van der Waals surface area contributed by atoms with Crippen LogP contribution in [0.1, 0.15) is 20.7 Å². The van der Waals surface area contributed by atoms with Crippen molar-refractivity contribution in [2.75, 3.05) is 0 Å². The van der Waals surface area contributed by atoms with Gasteiger partial charge in [-0.05, 0) is 40.7 Å². The highest BCUT2D eigenvalue weighted by Crippen LogP contribution is 2.47. The zero-order valence-electron chi connectivity index (χ0n) is 16.9. The fourth-order valence-corrected chi connectivity index (χ4v) is 6.82. The summed E-state index contributed by atoms with van der Waals surface area (Å²) in [7, 11) is -2.09. The Balaban J connectivity index is 1.84. The number of benzene rings is 4. The quantitative estimate of drug-likeness (QED) is 0.233. The lowest BCUT2D eigenvalue weighted by Gasteiger charge is -2.19. The predicted molar refractivity (Wildman–Crippen MR) is 140 cm³/mol. The van der Waals surface area contributed by atoms with Crippen LogP contribution in [0.15, 0.2) is 91.0 Å². The minimum atomic E-state index is -2.09. The molecule has 0 atom stereocenters. The van der Waals surface area contributed by atoms with Crippen molar-refractivity contribution in [2.24, 2.45) is 0 Å². The smallest absolute Gasteiger partial charge is 0.199 e. The minimum absolute atomic E-state index is 0.107. The summed E-state index contributed by atoms with van der Waals surface area (Å²) in [5.41, 5.74) is 1.27. The van der Waals surface area contributed by atoms with E-state index < -0.39 is 19.0 Å². The largest absolute Gasteiger partial charge is 0.288 e. The molecule has 4 aromatic rings. The van der Waals surface area contributed by atoms with Crippen LogP contribution in [0.2, 0.25) is 20.1 Å². The first-order valence-electron chi connectivity index (χ1n) is 9.81. The molecule has 4 rings (SSSR count). The maximum absolute atomic E-state index is 13.7. The molecule has 0 aliphatic carbocycles. The summed E-state index contributed by atoms with van der Waals surface area (Å²) in [6.45, 7) is 0. The van der Waals surface area contributed by atoms with Gasteiger partial charge in [0.25, 0.3) is 0 Å². The van der Waals surface area contributed by atoms with Gasteiger partial charge in [-0.3, -0.25) is 9.59 Å². The molecular weight excluding hydrogens is 517 g/mol. The Bertz CT molecular complexity index is 1230. The molecule has 0 heterocycles. The van der Waals surface area contributed by atoms with Crippen LogP contribution in [0, 0.1) is 0 Å². The molecular formula is C26H15Cl4O2P. The number of carbonyl (C=O) groups excluding carboxylic acids is 2. The van der Waals surface area contributed by atoms with Crippen LogP contribution < -0.4 is 5.30 Å². The summed E-state index contributed by atoms with van der Waals surface area (Å²) >= 11 is 25.3. The molecule has 7 heteroatoms. The average molecular weight is 532 g/mol. The van der Waals surface area contributed by atoms with E-state index in [0.717, 1.165) is 11.1 Å². The zero-order valence-corrected chi connectivity index (χ0v) is 20.9. The van der Waals surface area contributed by atoms with Gasteiger partial charge >= 0.3 is 0 Å². The Morgan fingerprint density at radius 3 is 1.30 bits per heavy atom. The Morgan fingerprint density at radius 2 is 0.879 bits per heavy atom. The molecule has 0 spiro atoms. The van der Waals surface area contributed by atoms with Gasteiger partial charge in [0.05, 0.1) is 39.1 Å². The van der Waals surface area contributed by atoms with Crippen LogP contribution in [0.3, 0.4) is 0 Å². The average Bonchev–Trinajstić information content (AvgIpc) is 2.80. The Hall–Kier alpha value is -2.19. The number of carbonyl (C=O) groups is 2. The van der Waals surface area contributed by atoms with Gasteiger partial charge in [-0.2, -0.15) is 0 Å². The second kappa shape index (κ2) is 10.4. The second-order valence-electron chi connectivity index (χ2n) is 7.05. The maximum atomic E-state index is 13.7. The minimum Gasteiger partial charge on any atom is -0.288 e. The first-order chi connectivity index (χ1) is 15.9. The van der Waals surface area contributed by atoms with E-state index in [9.17, 15) is 9.59 Å². The Kier molecular flexibility index (Phi) is 7.54. The number of hydrogen-bond acceptors (Lipinski definition) is 2. The molecule has 0 saturated heterocycles. The monoisotopic (exact) mass is 530 g/mol. The van der Waals surface area contributed by atoms with Gasteiger partial charge in [-0.15, -0.1) is 0 Å². The summed E-state index contributed by atoms with van der Waals surface area (Å²) in [5, 5.41) is 1.27. The van der Waals surface area contributed by atoms with Crippen LogP contribution >= 0.6 is 54.3 Å². The predicted octanol–water partition coefficient (Wildman–Crippen LogP) is 8.76. The van der Waals surface area contributed by atoms with Crippen molar-refractivity contribution in [2.45, 2.75) is 0 Å². The molecule has 0 fully saturated rings. The first kappa shape index (κ1) is 24.0. The van der Waals surface area contributed by atoms with E-state index in [4.69, 9.17) is 46.4 Å². The molecule has 0 unspecified atom stereocenters. The molecule has 0 radical (unpaired) electrons. The fourth-order valence-electron chi connectivity index (χ4n) is 3.39. The van der Waals surface area contributed by atoms with Crippen molar-refractivity contribution in [1.29, 1.82) is 0 Å². The molecule has 0 aromatic heterocycles. The molecule has 0 saturated carbocycles. The highest BCUT2D eigenvalue weighted by Gasteiger charge is 2.34. The molecule has 2 nitrogen and oxygen atoms in total. The van der Waals surface area contributed by atoms with Crippen LogP contribution in [0.25, 0.3) is 11.1 Å². The Labute approximate surface area is 212 Å². The third-order valence-electron chi connectivity index (χ3n) is 4.99. The van der Waals surface area contributed by atoms with Crippen molar-refractivity contribution >= 4 is 70.7 Å². The third kappa shape index (κ3) is 5.01. The van der Waals surface area contributed by atoms with Gasteiger partial charge in [0.2, 0.25) is 0 Å². The van der Waals surface area contributed by atoms with Crippen molar-refractivity contribution in [3.63, 3.8) is 0 Å². The summed E-state index contributed by atoms with van der Waals surface area (Å²) in [5.74, 6) is 0. The summed E-state index contributed by atoms with van der Waals surface area (Å²) < 4.78 is 0. The normalized spacial score (nSPS) is 10.9. The van der Waals surface area contributed by atoms with E-state index in [1.165, 1.54) is 0 Å². The van der Waals surface area contributed by atoms with Gasteiger partial charge in [0.1, 0.15) is 0 Å². The summed E-state index contributed by atoms with van der Waals surface area (Å²) in [6, 6.07) is 26.7. The van der Waals surface area contributed by atoms with E-state index in [2.05, 4.69) is 0 Å². The number of rotatable bonds is 6. The second-order valence-corrected chi connectivity index (χ2v) is 10.7. The Morgan fingerprint density at radius 1 is 0.485 bits per heavy atom. The van der Waals surface area contributed by atoms with Gasteiger partial charge in [0.15, 0.2) is 11.0 Å². The van der Waals surface area contributed by atoms with Crippen molar-refractivity contribution in [3.05, 3.63) is 122 Å². The van der Waals surface area contributed by atoms with Gasteiger partial charge in [-0.25, -0.2) is 0 Å². The van der Waals surface area contributed by atoms with E-state index in [-0.39, 0.29) is 31.2 Å². The molecule has 4 aromatic carbocycles. The van der Waals surface area contributed by atoms with E-state index in [1.54, 1.807) is 48.5 Å². The molecule has 0 aliphatic heterocycles. The summed E-state index contributed by atoms with van der Waals surface area (Å²) in [6.07, 6.45) is 0. The molecule has 33 heavy (non-hydrogen) atoms. The third-order valence-corrected chi connectivity index (χ3v) is 8.33. The summed E-state index contributed by atoms with van der Waals surface area (Å²) in [4.78, 5) is 27.5. The molecule has 164 valence electrons. The molecule has 0 bridgehead atoms. The molecule has 0 N–H and O–H groups in total. The SMILES string of the molecule is O=C(c1c(Cl)cccc1Cl)P(C(=O)c1c(Cl)cccc1Cl)c1ccc(-c2ccccc2)cc1. The van der Waals surface area contributed by atoms with Crippen LogP contribution in [-0.2, 0) is 0 Å². The number of hydrogen-bond donors (Lipinski definition) is 0.